The van der Waals surface area contributed by atoms with Gasteiger partial charge in [0.2, 0.25) is 0 Å². The molecule has 0 radical (unpaired) electrons. The third-order valence-electron chi connectivity index (χ3n) is 5.81. The Morgan fingerprint density at radius 1 is 1.21 bits per heavy atom. The largest absolute Gasteiger partial charge is 0.496 e. The van der Waals surface area contributed by atoms with Gasteiger partial charge < -0.3 is 14.8 Å². The summed E-state index contributed by atoms with van der Waals surface area (Å²) in [5.74, 6) is 1.29. The second kappa shape index (κ2) is 8.60. The topological polar surface area (TPSA) is 65.4 Å². The van der Waals surface area contributed by atoms with Crippen molar-refractivity contribution in [3.05, 3.63) is 56.5 Å². The Balaban J connectivity index is 1.69. The fraction of sp³-hybridized carbons (Fsp3) is 0.308. The minimum absolute atomic E-state index is 0.0292. The van der Waals surface area contributed by atoms with E-state index in [0.717, 1.165) is 45.1 Å². The van der Waals surface area contributed by atoms with Crippen molar-refractivity contribution in [1.82, 2.24) is 15.1 Å². The summed E-state index contributed by atoms with van der Waals surface area (Å²) in [6.07, 6.45) is 0. The zero-order valence-electron chi connectivity index (χ0n) is 19.9. The molecule has 0 atom stereocenters. The van der Waals surface area contributed by atoms with Crippen molar-refractivity contribution in [2.45, 2.75) is 34.3 Å². The molecule has 4 aromatic rings. The number of benzene rings is 1. The fourth-order valence-electron chi connectivity index (χ4n) is 4.10. The highest BCUT2D eigenvalue weighted by atomic mass is 32.1. The number of carbonyl (C=O) groups is 1. The number of carbonyl (C=O) groups excluding carboxylic acids is 1. The van der Waals surface area contributed by atoms with Crippen molar-refractivity contribution >= 4 is 28.6 Å². The summed E-state index contributed by atoms with van der Waals surface area (Å²) in [6.45, 7) is 9.20. The van der Waals surface area contributed by atoms with Crippen LogP contribution in [0.1, 0.15) is 41.7 Å². The molecule has 4 heterocycles. The predicted octanol–water partition coefficient (Wildman–Crippen LogP) is 6.31. The van der Waals surface area contributed by atoms with Crippen LogP contribution in [-0.2, 0) is 6.61 Å². The minimum atomic E-state index is -0.186. The monoisotopic (exact) mass is 493 g/mol. The van der Waals surface area contributed by atoms with Gasteiger partial charge in [0, 0.05) is 39.6 Å². The van der Waals surface area contributed by atoms with E-state index in [0.29, 0.717) is 12.2 Å². The number of aromatic nitrogens is 2. The summed E-state index contributed by atoms with van der Waals surface area (Å²) < 4.78 is 13.8. The van der Waals surface area contributed by atoms with Crippen LogP contribution < -0.4 is 14.8 Å². The van der Waals surface area contributed by atoms with Gasteiger partial charge in [0.1, 0.15) is 18.1 Å². The van der Waals surface area contributed by atoms with Crippen molar-refractivity contribution in [1.29, 1.82) is 0 Å². The maximum absolute atomic E-state index is 13.2. The molecule has 0 spiro atoms. The standard InChI is InChI=1S/C26H27N3O3S2/c1-15-17(7-9-34-15)18-10-19-22(11-21(18)31-5)32-12-20-23(25(30)27-14-26(2,3)4)28-29(24(19)20)16-6-8-33-13-16/h6-11,13H,12,14H2,1-5H3,(H,27,30). The SMILES string of the molecule is COc1cc2c(cc1-c1ccsc1C)-c1c(c(C(=O)NCC(C)(C)C)nn1-c1ccsc1)CO2. The average molecular weight is 494 g/mol. The van der Waals surface area contributed by atoms with Gasteiger partial charge in [0.25, 0.3) is 5.91 Å². The average Bonchev–Trinajstić information content (AvgIpc) is 3.55. The number of thiophene rings is 2. The van der Waals surface area contributed by atoms with E-state index in [1.54, 1.807) is 29.8 Å². The molecule has 176 valence electrons. The molecule has 1 N–H and O–H groups in total. The number of rotatable bonds is 5. The Kier molecular flexibility index (Phi) is 5.73. The second-order valence-electron chi connectivity index (χ2n) is 9.54. The van der Waals surface area contributed by atoms with Crippen LogP contribution in [0.5, 0.6) is 11.5 Å². The van der Waals surface area contributed by atoms with Gasteiger partial charge >= 0.3 is 0 Å². The summed E-state index contributed by atoms with van der Waals surface area (Å²) in [7, 11) is 1.68. The first kappa shape index (κ1) is 22.7. The first-order chi connectivity index (χ1) is 16.3. The molecule has 0 saturated heterocycles. The van der Waals surface area contributed by atoms with Gasteiger partial charge in [-0.15, -0.1) is 11.3 Å². The zero-order chi connectivity index (χ0) is 24.0. The van der Waals surface area contributed by atoms with Crippen LogP contribution in [-0.4, -0.2) is 29.3 Å². The van der Waals surface area contributed by atoms with E-state index < -0.39 is 0 Å². The number of methoxy groups -OCH3 is 1. The van der Waals surface area contributed by atoms with Gasteiger partial charge in [0.05, 0.1) is 18.5 Å². The maximum atomic E-state index is 13.2. The van der Waals surface area contributed by atoms with Crippen LogP contribution in [0.25, 0.3) is 28.1 Å². The normalized spacial score (nSPS) is 12.6. The van der Waals surface area contributed by atoms with E-state index in [1.165, 1.54) is 4.88 Å². The van der Waals surface area contributed by atoms with Crippen LogP contribution in [0, 0.1) is 12.3 Å². The molecular weight excluding hydrogens is 466 g/mol. The smallest absolute Gasteiger partial charge is 0.272 e. The van der Waals surface area contributed by atoms with E-state index in [4.69, 9.17) is 14.6 Å². The molecule has 1 aliphatic rings. The molecule has 0 bridgehead atoms. The lowest BCUT2D eigenvalue weighted by molar-refractivity contribution is 0.0931. The fourth-order valence-corrected chi connectivity index (χ4v) is 5.43. The number of hydrogen-bond acceptors (Lipinski definition) is 6. The summed E-state index contributed by atoms with van der Waals surface area (Å²) in [5, 5.41) is 14.0. The molecule has 1 aromatic carbocycles. The molecule has 0 aliphatic carbocycles. The third kappa shape index (κ3) is 4.01. The highest BCUT2D eigenvalue weighted by Crippen LogP contribution is 2.47. The van der Waals surface area contributed by atoms with E-state index in [2.05, 4.69) is 50.5 Å². The number of nitrogens with one attached hydrogen (secondary N) is 1. The molecule has 1 aliphatic heterocycles. The molecule has 0 saturated carbocycles. The number of fused-ring (bicyclic) bond motifs is 3. The Hall–Kier alpha value is -3.10. The van der Waals surface area contributed by atoms with Crippen molar-refractivity contribution < 1.29 is 14.3 Å². The number of hydrogen-bond donors (Lipinski definition) is 1. The van der Waals surface area contributed by atoms with Crippen LogP contribution in [0.15, 0.2) is 40.4 Å². The summed E-state index contributed by atoms with van der Waals surface area (Å²) in [6, 6.07) is 8.16. The van der Waals surface area contributed by atoms with Crippen molar-refractivity contribution in [3.63, 3.8) is 0 Å². The number of nitrogens with zero attached hydrogens (tertiary/aromatic N) is 2. The van der Waals surface area contributed by atoms with Gasteiger partial charge in [0.15, 0.2) is 5.69 Å². The highest BCUT2D eigenvalue weighted by Gasteiger charge is 2.32. The lowest BCUT2D eigenvalue weighted by Crippen LogP contribution is -2.33. The zero-order valence-corrected chi connectivity index (χ0v) is 21.5. The van der Waals surface area contributed by atoms with E-state index in [1.807, 2.05) is 27.6 Å². The summed E-state index contributed by atoms with van der Waals surface area (Å²) in [5.41, 5.74) is 6.00. The van der Waals surface area contributed by atoms with Crippen LogP contribution in [0.4, 0.5) is 0 Å². The maximum Gasteiger partial charge on any atom is 0.272 e. The third-order valence-corrected chi connectivity index (χ3v) is 7.32. The highest BCUT2D eigenvalue weighted by molar-refractivity contribution is 7.10. The first-order valence-electron chi connectivity index (χ1n) is 11.1. The lowest BCUT2D eigenvalue weighted by atomic mass is 9.95. The number of aryl methyl sites for hydroxylation is 1. The van der Waals surface area contributed by atoms with Gasteiger partial charge in [-0.3, -0.25) is 4.79 Å². The summed E-state index contributed by atoms with van der Waals surface area (Å²) in [4.78, 5) is 14.4. The summed E-state index contributed by atoms with van der Waals surface area (Å²) >= 11 is 3.30. The van der Waals surface area contributed by atoms with Crippen molar-refractivity contribution in [2.24, 2.45) is 5.41 Å². The van der Waals surface area contributed by atoms with E-state index in [-0.39, 0.29) is 17.9 Å². The molecule has 6 nitrogen and oxygen atoms in total. The van der Waals surface area contributed by atoms with Crippen molar-refractivity contribution in [3.8, 4) is 39.6 Å². The Morgan fingerprint density at radius 2 is 2.03 bits per heavy atom. The molecule has 3 aromatic heterocycles. The van der Waals surface area contributed by atoms with Gasteiger partial charge in [-0.1, -0.05) is 20.8 Å². The predicted molar refractivity (Wildman–Crippen MR) is 138 cm³/mol. The lowest BCUT2D eigenvalue weighted by Gasteiger charge is -2.22. The Labute approximate surface area is 207 Å². The van der Waals surface area contributed by atoms with Gasteiger partial charge in [-0.05, 0) is 46.9 Å². The van der Waals surface area contributed by atoms with Crippen LogP contribution in [0.3, 0.4) is 0 Å². The molecule has 5 rings (SSSR count). The van der Waals surface area contributed by atoms with Gasteiger partial charge in [-0.25, -0.2) is 4.68 Å². The second-order valence-corrected chi connectivity index (χ2v) is 11.4. The van der Waals surface area contributed by atoms with Crippen molar-refractivity contribution in [2.75, 3.05) is 13.7 Å². The molecule has 0 unspecified atom stereocenters. The molecule has 34 heavy (non-hydrogen) atoms. The van der Waals surface area contributed by atoms with Crippen LogP contribution in [0.2, 0.25) is 0 Å². The number of ether oxygens (including phenoxy) is 2. The molecule has 1 amide bonds. The molecular formula is C26H27N3O3S2. The quantitative estimate of drug-likeness (QED) is 0.354. The first-order valence-corrected chi connectivity index (χ1v) is 12.9. The molecule has 0 fully saturated rings. The van der Waals surface area contributed by atoms with E-state index >= 15 is 0 Å². The van der Waals surface area contributed by atoms with Gasteiger partial charge in [-0.2, -0.15) is 16.4 Å². The Morgan fingerprint density at radius 3 is 2.68 bits per heavy atom. The molecule has 8 heteroatoms. The Bertz CT molecular complexity index is 1360. The van der Waals surface area contributed by atoms with Crippen LogP contribution >= 0.6 is 22.7 Å². The minimum Gasteiger partial charge on any atom is -0.496 e. The van der Waals surface area contributed by atoms with E-state index in [9.17, 15) is 4.79 Å². The number of amides is 1.